The van der Waals surface area contributed by atoms with E-state index < -0.39 is 7.12 Å². The first-order valence-corrected chi connectivity index (χ1v) is 9.52. The molecule has 0 saturated carbocycles. The molecule has 0 aliphatic carbocycles. The van der Waals surface area contributed by atoms with E-state index in [1.54, 1.807) is 0 Å². The second kappa shape index (κ2) is 6.99. The van der Waals surface area contributed by atoms with E-state index in [4.69, 9.17) is 9.31 Å². The van der Waals surface area contributed by atoms with Crippen LogP contribution in [-0.2, 0) is 9.31 Å². The zero-order valence-corrected chi connectivity index (χ0v) is 16.9. The van der Waals surface area contributed by atoms with E-state index in [1.165, 1.54) is 0 Å². The predicted molar refractivity (Wildman–Crippen MR) is 105 cm³/mol. The van der Waals surface area contributed by atoms with Crippen molar-refractivity contribution in [1.29, 1.82) is 0 Å². The van der Waals surface area contributed by atoms with Crippen molar-refractivity contribution >= 4 is 18.5 Å². The highest BCUT2D eigenvalue weighted by atomic mass is 16.7. The van der Waals surface area contributed by atoms with Crippen molar-refractivity contribution in [3.8, 4) is 0 Å². The van der Waals surface area contributed by atoms with Gasteiger partial charge in [0, 0.05) is 18.7 Å². The zero-order chi connectivity index (χ0) is 19.1. The van der Waals surface area contributed by atoms with Crippen molar-refractivity contribution in [3.63, 3.8) is 0 Å². The van der Waals surface area contributed by atoms with Crippen LogP contribution in [0.2, 0.25) is 0 Å². The Morgan fingerprint density at radius 2 is 1.58 bits per heavy atom. The SMILES string of the molecule is CN1CCC(N(C)C(=O)c2ccc(B3OC(C)(C)C(C)(C)O3)cc2)CC1. The number of piperidine rings is 1. The lowest BCUT2D eigenvalue weighted by Crippen LogP contribution is -2.44. The van der Waals surface area contributed by atoms with Crippen LogP contribution in [0.4, 0.5) is 0 Å². The molecule has 1 amide bonds. The molecular formula is C20H31BN2O3. The average molecular weight is 358 g/mol. The summed E-state index contributed by atoms with van der Waals surface area (Å²) >= 11 is 0. The number of amides is 1. The summed E-state index contributed by atoms with van der Waals surface area (Å²) in [6, 6.07) is 7.97. The molecular weight excluding hydrogens is 327 g/mol. The van der Waals surface area contributed by atoms with Gasteiger partial charge in [0.05, 0.1) is 11.2 Å². The van der Waals surface area contributed by atoms with Crippen molar-refractivity contribution in [2.45, 2.75) is 57.8 Å². The highest BCUT2D eigenvalue weighted by Gasteiger charge is 2.51. The molecule has 3 rings (SSSR count). The molecule has 1 aromatic rings. The highest BCUT2D eigenvalue weighted by Crippen LogP contribution is 2.36. The van der Waals surface area contributed by atoms with Gasteiger partial charge in [-0.05, 0) is 78.3 Å². The van der Waals surface area contributed by atoms with E-state index in [9.17, 15) is 4.79 Å². The number of nitrogens with zero attached hydrogens (tertiary/aromatic N) is 2. The van der Waals surface area contributed by atoms with E-state index in [-0.39, 0.29) is 17.1 Å². The van der Waals surface area contributed by atoms with E-state index in [0.29, 0.717) is 11.6 Å². The Hall–Kier alpha value is -1.37. The molecule has 2 aliphatic heterocycles. The van der Waals surface area contributed by atoms with Gasteiger partial charge < -0.3 is 19.1 Å². The standard InChI is InChI=1S/C20H31BN2O3/c1-19(2)20(3,4)26-21(25-19)16-9-7-15(8-10-16)18(24)23(6)17-11-13-22(5)14-12-17/h7-10,17H,11-14H2,1-6H3. The molecule has 5 nitrogen and oxygen atoms in total. The van der Waals surface area contributed by atoms with Crippen LogP contribution < -0.4 is 5.46 Å². The Bertz CT molecular complexity index is 636. The molecule has 0 atom stereocenters. The van der Waals surface area contributed by atoms with E-state index >= 15 is 0 Å². The molecule has 0 aromatic heterocycles. The third kappa shape index (κ3) is 3.68. The first-order valence-electron chi connectivity index (χ1n) is 9.52. The van der Waals surface area contributed by atoms with Crippen molar-refractivity contribution in [1.82, 2.24) is 9.80 Å². The maximum Gasteiger partial charge on any atom is 0.494 e. The molecule has 6 heteroatoms. The minimum atomic E-state index is -0.393. The molecule has 2 heterocycles. The minimum Gasteiger partial charge on any atom is -0.399 e. The fraction of sp³-hybridized carbons (Fsp3) is 0.650. The number of hydrogen-bond acceptors (Lipinski definition) is 4. The Balaban J connectivity index is 1.67. The molecule has 0 radical (unpaired) electrons. The van der Waals surface area contributed by atoms with Gasteiger partial charge in [0.15, 0.2) is 0 Å². The van der Waals surface area contributed by atoms with Gasteiger partial charge in [-0.2, -0.15) is 0 Å². The summed E-state index contributed by atoms with van der Waals surface area (Å²) in [4.78, 5) is 17.0. The van der Waals surface area contributed by atoms with Crippen molar-refractivity contribution in [3.05, 3.63) is 29.8 Å². The van der Waals surface area contributed by atoms with Gasteiger partial charge in [-0.25, -0.2) is 0 Å². The van der Waals surface area contributed by atoms with E-state index in [0.717, 1.165) is 31.4 Å². The van der Waals surface area contributed by atoms with Gasteiger partial charge >= 0.3 is 7.12 Å². The van der Waals surface area contributed by atoms with Gasteiger partial charge in [0.1, 0.15) is 0 Å². The normalized spacial score (nSPS) is 23.2. The fourth-order valence-corrected chi connectivity index (χ4v) is 3.51. The lowest BCUT2D eigenvalue weighted by Gasteiger charge is -2.35. The Morgan fingerprint density at radius 1 is 1.08 bits per heavy atom. The van der Waals surface area contributed by atoms with Crippen LogP contribution in [0, 0.1) is 0 Å². The van der Waals surface area contributed by atoms with Crippen LogP contribution >= 0.6 is 0 Å². The lowest BCUT2D eigenvalue weighted by molar-refractivity contribution is 0.00578. The highest BCUT2D eigenvalue weighted by molar-refractivity contribution is 6.62. The van der Waals surface area contributed by atoms with Gasteiger partial charge in [0.2, 0.25) is 0 Å². The Labute approximate surface area is 157 Å². The van der Waals surface area contributed by atoms with E-state index in [2.05, 4.69) is 11.9 Å². The number of carbonyl (C=O) groups is 1. The number of likely N-dealkylation sites (tertiary alicyclic amines) is 1. The minimum absolute atomic E-state index is 0.0834. The predicted octanol–water partition coefficient (Wildman–Crippen LogP) is 2.15. The van der Waals surface area contributed by atoms with Crippen molar-refractivity contribution < 1.29 is 14.1 Å². The summed E-state index contributed by atoms with van der Waals surface area (Å²) in [5.74, 6) is 0.0834. The molecule has 2 aliphatic rings. The molecule has 2 fully saturated rings. The van der Waals surface area contributed by atoms with Crippen LogP contribution in [0.25, 0.3) is 0 Å². The molecule has 0 spiro atoms. The quantitative estimate of drug-likeness (QED) is 0.777. The number of carbonyl (C=O) groups excluding carboxylic acids is 1. The summed E-state index contributed by atoms with van der Waals surface area (Å²) in [6.07, 6.45) is 2.06. The van der Waals surface area contributed by atoms with Crippen molar-refractivity contribution in [2.75, 3.05) is 27.2 Å². The zero-order valence-electron chi connectivity index (χ0n) is 16.9. The Kier molecular flexibility index (Phi) is 5.21. The number of hydrogen-bond donors (Lipinski definition) is 0. The van der Waals surface area contributed by atoms with Crippen LogP contribution in [0.15, 0.2) is 24.3 Å². The van der Waals surface area contributed by atoms with Crippen LogP contribution in [0.3, 0.4) is 0 Å². The summed E-state index contributed by atoms with van der Waals surface area (Å²) in [7, 11) is 3.66. The third-order valence-electron chi connectivity index (χ3n) is 6.24. The van der Waals surface area contributed by atoms with Gasteiger partial charge in [-0.1, -0.05) is 12.1 Å². The summed E-state index contributed by atoms with van der Waals surface area (Å²) in [5, 5.41) is 0. The smallest absolute Gasteiger partial charge is 0.399 e. The maximum atomic E-state index is 12.8. The number of benzene rings is 1. The monoisotopic (exact) mass is 358 g/mol. The summed E-state index contributed by atoms with van der Waals surface area (Å²) in [5.41, 5.74) is 0.940. The molecule has 1 aromatic carbocycles. The molecule has 142 valence electrons. The molecule has 0 unspecified atom stereocenters. The maximum absolute atomic E-state index is 12.8. The lowest BCUT2D eigenvalue weighted by atomic mass is 9.79. The van der Waals surface area contributed by atoms with Crippen LogP contribution in [0.1, 0.15) is 50.9 Å². The van der Waals surface area contributed by atoms with Gasteiger partial charge in [-0.15, -0.1) is 0 Å². The summed E-state index contributed by atoms with van der Waals surface area (Å²) < 4.78 is 12.2. The second-order valence-corrected chi connectivity index (χ2v) is 8.66. The van der Waals surface area contributed by atoms with E-state index in [1.807, 2.05) is 63.9 Å². The average Bonchev–Trinajstić information content (AvgIpc) is 2.82. The Morgan fingerprint density at radius 3 is 2.08 bits per heavy atom. The molecule has 26 heavy (non-hydrogen) atoms. The second-order valence-electron chi connectivity index (χ2n) is 8.66. The van der Waals surface area contributed by atoms with Gasteiger partial charge in [0.25, 0.3) is 5.91 Å². The first kappa shape index (κ1) is 19.4. The topological polar surface area (TPSA) is 42.0 Å². The number of rotatable bonds is 3. The van der Waals surface area contributed by atoms with Crippen molar-refractivity contribution in [2.24, 2.45) is 0 Å². The summed E-state index contributed by atoms with van der Waals surface area (Å²) in [6.45, 7) is 10.3. The molecule has 0 bridgehead atoms. The van der Waals surface area contributed by atoms with Crippen LogP contribution in [-0.4, -0.2) is 67.3 Å². The third-order valence-corrected chi connectivity index (χ3v) is 6.24. The molecule has 0 N–H and O–H groups in total. The first-order chi connectivity index (χ1) is 12.1. The largest absolute Gasteiger partial charge is 0.494 e. The molecule has 2 saturated heterocycles. The van der Waals surface area contributed by atoms with Gasteiger partial charge in [-0.3, -0.25) is 4.79 Å². The van der Waals surface area contributed by atoms with Crippen LogP contribution in [0.5, 0.6) is 0 Å². The fourth-order valence-electron chi connectivity index (χ4n) is 3.51.